The molecule has 0 unspecified atom stereocenters. The lowest BCUT2D eigenvalue weighted by Crippen LogP contribution is -2.38. The Morgan fingerprint density at radius 3 is 1.93 bits per heavy atom. The van der Waals surface area contributed by atoms with Gasteiger partial charge in [0.05, 0.1) is 12.7 Å². The second-order valence-electron chi connectivity index (χ2n) is 8.59. The minimum Gasteiger partial charge on any atom is -0.487 e. The van der Waals surface area contributed by atoms with Crippen molar-refractivity contribution in [2.24, 2.45) is 5.41 Å². The molecule has 0 aliphatic carbocycles. The van der Waals surface area contributed by atoms with Crippen LogP contribution in [0.5, 0.6) is 11.5 Å². The van der Waals surface area contributed by atoms with Gasteiger partial charge in [-0.3, -0.25) is 9.59 Å². The van der Waals surface area contributed by atoms with Crippen molar-refractivity contribution in [3.05, 3.63) is 24.3 Å². The van der Waals surface area contributed by atoms with Gasteiger partial charge in [0.25, 0.3) is 0 Å². The number of rotatable bonds is 15. The van der Waals surface area contributed by atoms with E-state index in [0.717, 1.165) is 19.3 Å². The molecule has 0 aliphatic rings. The Kier molecular flexibility index (Phi) is 12.2. The summed E-state index contributed by atoms with van der Waals surface area (Å²) in [7, 11) is 0. The van der Waals surface area contributed by atoms with Crippen molar-refractivity contribution >= 4 is 11.9 Å². The van der Waals surface area contributed by atoms with E-state index in [1.807, 2.05) is 13.8 Å². The molecule has 0 N–H and O–H groups in total. The number of hydrogen-bond acceptors (Lipinski definition) is 5. The van der Waals surface area contributed by atoms with E-state index in [2.05, 4.69) is 6.92 Å². The lowest BCUT2D eigenvalue weighted by Gasteiger charge is -2.22. The first-order valence-electron chi connectivity index (χ1n) is 11.4. The molecule has 0 atom stereocenters. The first-order valence-corrected chi connectivity index (χ1v) is 11.4. The van der Waals surface area contributed by atoms with Crippen LogP contribution >= 0.6 is 0 Å². The van der Waals surface area contributed by atoms with E-state index in [-0.39, 0.29) is 6.10 Å². The molecule has 0 saturated heterocycles. The highest BCUT2D eigenvalue weighted by molar-refractivity contribution is 6.00. The molecule has 170 valence electrons. The summed E-state index contributed by atoms with van der Waals surface area (Å²) in [5, 5.41) is 0. The van der Waals surface area contributed by atoms with Crippen molar-refractivity contribution in [2.45, 2.75) is 98.5 Å². The fourth-order valence-electron chi connectivity index (χ4n) is 2.95. The van der Waals surface area contributed by atoms with Crippen molar-refractivity contribution in [3.8, 4) is 11.5 Å². The number of carbonyl (C=O) groups is 2. The monoisotopic (exact) mass is 420 g/mol. The lowest BCUT2D eigenvalue weighted by atomic mass is 9.94. The predicted molar refractivity (Wildman–Crippen MR) is 120 cm³/mol. The fourth-order valence-corrected chi connectivity index (χ4v) is 2.95. The van der Waals surface area contributed by atoms with Crippen LogP contribution in [0, 0.1) is 5.41 Å². The molecule has 0 spiro atoms. The van der Waals surface area contributed by atoms with E-state index in [1.54, 1.807) is 24.3 Å². The number of ether oxygens (including phenoxy) is 3. The number of para-hydroxylation sites is 2. The zero-order valence-electron chi connectivity index (χ0n) is 19.5. The quantitative estimate of drug-likeness (QED) is 0.141. The Hall–Kier alpha value is -2.04. The molecule has 0 saturated carbocycles. The summed E-state index contributed by atoms with van der Waals surface area (Å²) in [6, 6.07) is 6.95. The summed E-state index contributed by atoms with van der Waals surface area (Å²) < 4.78 is 16.5. The Morgan fingerprint density at radius 2 is 1.37 bits per heavy atom. The molecular formula is C25H40O5. The topological polar surface area (TPSA) is 61.8 Å². The van der Waals surface area contributed by atoms with Gasteiger partial charge in [-0.15, -0.1) is 0 Å². The van der Waals surface area contributed by atoms with Crippen LogP contribution in [0.2, 0.25) is 0 Å². The van der Waals surface area contributed by atoms with Gasteiger partial charge in [-0.05, 0) is 46.2 Å². The van der Waals surface area contributed by atoms with Gasteiger partial charge in [-0.1, -0.05) is 70.4 Å². The van der Waals surface area contributed by atoms with E-state index >= 15 is 0 Å². The van der Waals surface area contributed by atoms with Gasteiger partial charge in [0.2, 0.25) is 0 Å². The van der Waals surface area contributed by atoms with Crippen LogP contribution in [0.25, 0.3) is 0 Å². The van der Waals surface area contributed by atoms with Gasteiger partial charge in [-0.2, -0.15) is 0 Å². The second kappa shape index (κ2) is 14.1. The molecule has 5 heteroatoms. The highest BCUT2D eigenvalue weighted by Gasteiger charge is 2.40. The van der Waals surface area contributed by atoms with Crippen molar-refractivity contribution in [1.82, 2.24) is 0 Å². The number of unbranched alkanes of at least 4 members (excludes halogenated alkanes) is 8. The third-order valence-corrected chi connectivity index (χ3v) is 4.92. The Bertz CT molecular complexity index is 636. The summed E-state index contributed by atoms with van der Waals surface area (Å²) in [6.07, 6.45) is 10.7. The zero-order chi connectivity index (χ0) is 22.4. The maximum absolute atomic E-state index is 12.6. The number of hydrogen-bond donors (Lipinski definition) is 0. The first-order chi connectivity index (χ1) is 14.3. The minimum absolute atomic E-state index is 0.0563. The molecule has 5 nitrogen and oxygen atoms in total. The molecule has 1 aromatic rings. The third kappa shape index (κ3) is 9.64. The van der Waals surface area contributed by atoms with Crippen LogP contribution in [0.15, 0.2) is 24.3 Å². The standard InChI is InChI=1S/C25H40O5/c1-6-7-8-9-10-11-12-13-16-19-28-23(26)25(4,5)24(27)30-22-18-15-14-17-21(22)29-20(2)3/h14-15,17-18,20H,6-13,16,19H2,1-5H3. The summed E-state index contributed by atoms with van der Waals surface area (Å²) in [5.74, 6) is -0.440. The number of benzene rings is 1. The zero-order valence-corrected chi connectivity index (χ0v) is 19.5. The fraction of sp³-hybridized carbons (Fsp3) is 0.680. The second-order valence-corrected chi connectivity index (χ2v) is 8.59. The van der Waals surface area contributed by atoms with Gasteiger partial charge >= 0.3 is 11.9 Å². The smallest absolute Gasteiger partial charge is 0.328 e. The number of esters is 2. The highest BCUT2D eigenvalue weighted by atomic mass is 16.6. The van der Waals surface area contributed by atoms with E-state index in [1.165, 1.54) is 52.4 Å². The normalized spacial score (nSPS) is 11.4. The van der Waals surface area contributed by atoms with Gasteiger partial charge < -0.3 is 14.2 Å². The summed E-state index contributed by atoms with van der Waals surface area (Å²) in [6.45, 7) is 9.40. The maximum Gasteiger partial charge on any atom is 0.328 e. The first kappa shape index (κ1) is 26.0. The van der Waals surface area contributed by atoms with E-state index < -0.39 is 17.4 Å². The van der Waals surface area contributed by atoms with Crippen molar-refractivity contribution in [3.63, 3.8) is 0 Å². The predicted octanol–water partition coefficient (Wildman–Crippen LogP) is 6.48. The summed E-state index contributed by atoms with van der Waals surface area (Å²) in [4.78, 5) is 25.1. The number of carbonyl (C=O) groups excluding carboxylic acids is 2. The molecule has 0 amide bonds. The average Bonchev–Trinajstić information content (AvgIpc) is 2.70. The van der Waals surface area contributed by atoms with Crippen LogP contribution in [0.1, 0.15) is 92.4 Å². The molecule has 0 radical (unpaired) electrons. The Morgan fingerprint density at radius 1 is 0.833 bits per heavy atom. The Labute approximate surface area is 182 Å². The van der Waals surface area contributed by atoms with Gasteiger partial charge in [0, 0.05) is 0 Å². The van der Waals surface area contributed by atoms with E-state index in [9.17, 15) is 9.59 Å². The molecule has 0 bridgehead atoms. The van der Waals surface area contributed by atoms with Gasteiger partial charge in [-0.25, -0.2) is 0 Å². The van der Waals surface area contributed by atoms with E-state index in [4.69, 9.17) is 14.2 Å². The molecule has 0 fully saturated rings. The lowest BCUT2D eigenvalue weighted by molar-refractivity contribution is -0.164. The highest BCUT2D eigenvalue weighted by Crippen LogP contribution is 2.30. The van der Waals surface area contributed by atoms with Crippen molar-refractivity contribution in [2.75, 3.05) is 6.61 Å². The maximum atomic E-state index is 12.6. The molecule has 0 heterocycles. The van der Waals surface area contributed by atoms with Crippen LogP contribution in [0.4, 0.5) is 0 Å². The molecular weight excluding hydrogens is 380 g/mol. The molecule has 0 aromatic heterocycles. The Balaban J connectivity index is 2.37. The minimum atomic E-state index is -1.38. The van der Waals surface area contributed by atoms with E-state index in [0.29, 0.717) is 18.1 Å². The van der Waals surface area contributed by atoms with Crippen LogP contribution in [-0.2, 0) is 14.3 Å². The SMILES string of the molecule is CCCCCCCCCCCOC(=O)C(C)(C)C(=O)Oc1ccccc1OC(C)C. The molecule has 1 aromatic carbocycles. The van der Waals surface area contributed by atoms with Crippen molar-refractivity contribution < 1.29 is 23.8 Å². The summed E-state index contributed by atoms with van der Waals surface area (Å²) >= 11 is 0. The third-order valence-electron chi connectivity index (χ3n) is 4.92. The van der Waals surface area contributed by atoms with Gasteiger partial charge in [0.15, 0.2) is 16.9 Å². The largest absolute Gasteiger partial charge is 0.487 e. The van der Waals surface area contributed by atoms with Gasteiger partial charge in [0.1, 0.15) is 0 Å². The molecule has 1 rings (SSSR count). The average molecular weight is 421 g/mol. The van der Waals surface area contributed by atoms with Crippen molar-refractivity contribution in [1.29, 1.82) is 0 Å². The van der Waals surface area contributed by atoms with Crippen LogP contribution < -0.4 is 9.47 Å². The molecule has 30 heavy (non-hydrogen) atoms. The molecule has 0 aliphatic heterocycles. The summed E-state index contributed by atoms with van der Waals surface area (Å²) in [5.41, 5.74) is -1.38. The van der Waals surface area contributed by atoms with Crippen LogP contribution in [0.3, 0.4) is 0 Å². The van der Waals surface area contributed by atoms with Crippen LogP contribution in [-0.4, -0.2) is 24.6 Å².